The molecule has 5 heteroatoms. The molecule has 1 aliphatic heterocycles. The minimum absolute atomic E-state index is 0.173. The summed E-state index contributed by atoms with van der Waals surface area (Å²) in [4.78, 5) is 22.8. The first-order chi connectivity index (χ1) is 48.1. The molecule has 13 aromatic carbocycles. The van der Waals surface area contributed by atoms with E-state index >= 15 is 0 Å². The van der Waals surface area contributed by atoms with Crippen molar-refractivity contribution in [1.29, 1.82) is 0 Å². The summed E-state index contributed by atoms with van der Waals surface area (Å²) in [5.41, 5.74) is 31.7. The van der Waals surface area contributed by atoms with Crippen LogP contribution in [0.4, 0.5) is 0 Å². The van der Waals surface area contributed by atoms with Crippen LogP contribution in [0.25, 0.3) is 129 Å². The SMILES string of the molecule is CC1(C)c2ccccc2-c2ccc(-c3cc(-c4ccc5c(c4)C(C)(C)c4ccccc4-5)c4nc(-c5ccc(-n6c(-c7ccccc7)nc(-c7ccccc7)c6-c6ccccc6)cc5)nc(-c5ccc(C6C(c7ccccc7)=NC(c7ccccc7)=C6c6ccccc6)cc5)c4c3)cc21. The van der Waals surface area contributed by atoms with Crippen molar-refractivity contribution in [1.82, 2.24) is 19.5 Å². The predicted molar refractivity (Wildman–Crippen MR) is 405 cm³/mol. The minimum atomic E-state index is -0.232. The summed E-state index contributed by atoms with van der Waals surface area (Å²) < 4.78 is 2.32. The van der Waals surface area contributed by atoms with Crippen LogP contribution in [0.15, 0.2) is 333 Å². The molecule has 0 amide bonds. The normalized spacial score (nSPS) is 14.6. The van der Waals surface area contributed by atoms with Gasteiger partial charge in [-0.25, -0.2) is 15.0 Å². The number of benzene rings is 13. The number of fused-ring (bicyclic) bond motifs is 7. The van der Waals surface area contributed by atoms with E-state index in [1.807, 2.05) is 0 Å². The van der Waals surface area contributed by atoms with Crippen LogP contribution >= 0.6 is 0 Å². The van der Waals surface area contributed by atoms with Crippen LogP contribution in [0.2, 0.25) is 0 Å². The number of hydrogen-bond acceptors (Lipinski definition) is 4. The quantitative estimate of drug-likeness (QED) is 0.122. The topological polar surface area (TPSA) is 56.0 Å². The van der Waals surface area contributed by atoms with Crippen molar-refractivity contribution in [2.24, 2.45) is 4.99 Å². The molecule has 0 fully saturated rings. The molecule has 0 saturated heterocycles. The largest absolute Gasteiger partial charge is 0.292 e. The molecule has 0 saturated carbocycles. The molecule has 0 bridgehead atoms. The fourth-order valence-electron chi connectivity index (χ4n) is 15.8. The zero-order valence-electron chi connectivity index (χ0n) is 55.0. The second kappa shape index (κ2) is 23.3. The van der Waals surface area contributed by atoms with Crippen LogP contribution in [-0.4, -0.2) is 25.2 Å². The van der Waals surface area contributed by atoms with Crippen molar-refractivity contribution in [2.45, 2.75) is 44.4 Å². The number of allylic oxidation sites excluding steroid dienone is 1. The lowest BCUT2D eigenvalue weighted by Crippen LogP contribution is -2.15. The van der Waals surface area contributed by atoms with E-state index in [-0.39, 0.29) is 16.7 Å². The zero-order chi connectivity index (χ0) is 65.6. The summed E-state index contributed by atoms with van der Waals surface area (Å²) in [7, 11) is 0. The average molecular weight is 1250 g/mol. The molecule has 3 aliphatic rings. The highest BCUT2D eigenvalue weighted by Crippen LogP contribution is 2.54. The van der Waals surface area contributed by atoms with Crippen LogP contribution in [0.5, 0.6) is 0 Å². The van der Waals surface area contributed by atoms with E-state index in [2.05, 4.69) is 360 Å². The Bertz CT molecular complexity index is 5670. The number of aliphatic imine (C=N–C) groups is 1. The molecular formula is C93H67N5. The van der Waals surface area contributed by atoms with Gasteiger partial charge in [0.1, 0.15) is 5.82 Å². The number of rotatable bonds is 12. The Labute approximate surface area is 572 Å². The van der Waals surface area contributed by atoms with Crippen LogP contribution in [-0.2, 0) is 10.8 Å². The van der Waals surface area contributed by atoms with E-state index in [1.54, 1.807) is 0 Å². The third-order valence-electron chi connectivity index (χ3n) is 20.8. The molecule has 464 valence electrons. The second-order valence-corrected chi connectivity index (χ2v) is 27.2. The molecule has 15 aromatic rings. The second-order valence-electron chi connectivity index (χ2n) is 27.2. The molecule has 3 heterocycles. The van der Waals surface area contributed by atoms with Gasteiger partial charge in [-0.2, -0.15) is 0 Å². The third kappa shape index (κ3) is 9.67. The molecule has 0 radical (unpaired) electrons. The molecule has 0 N–H and O–H groups in total. The van der Waals surface area contributed by atoms with Gasteiger partial charge in [-0.1, -0.05) is 307 Å². The first kappa shape index (κ1) is 58.4. The molecule has 2 aliphatic carbocycles. The van der Waals surface area contributed by atoms with Gasteiger partial charge in [0.25, 0.3) is 0 Å². The highest BCUT2D eigenvalue weighted by Gasteiger charge is 2.38. The minimum Gasteiger partial charge on any atom is -0.292 e. The lowest BCUT2D eigenvalue weighted by molar-refractivity contribution is 0.660. The van der Waals surface area contributed by atoms with Crippen molar-refractivity contribution in [3.8, 4) is 107 Å². The van der Waals surface area contributed by atoms with Crippen molar-refractivity contribution >= 4 is 27.9 Å². The Morgan fingerprint density at radius 1 is 0.306 bits per heavy atom. The van der Waals surface area contributed by atoms with E-state index in [0.29, 0.717) is 5.82 Å². The maximum absolute atomic E-state index is 5.85. The van der Waals surface area contributed by atoms with Gasteiger partial charge in [-0.05, 0) is 132 Å². The van der Waals surface area contributed by atoms with Gasteiger partial charge >= 0.3 is 0 Å². The van der Waals surface area contributed by atoms with Crippen molar-refractivity contribution < 1.29 is 0 Å². The van der Waals surface area contributed by atoms with Gasteiger partial charge in [-0.15, -0.1) is 0 Å². The Balaban J connectivity index is 0.865. The Morgan fingerprint density at radius 2 is 0.765 bits per heavy atom. The fourth-order valence-corrected chi connectivity index (χ4v) is 15.8. The molecule has 18 rings (SSSR count). The van der Waals surface area contributed by atoms with E-state index in [0.717, 1.165) is 123 Å². The summed E-state index contributed by atoms with van der Waals surface area (Å²) in [5.74, 6) is 1.30. The first-order valence-electron chi connectivity index (χ1n) is 34.0. The molecule has 2 aromatic heterocycles. The van der Waals surface area contributed by atoms with Gasteiger partial charge in [0, 0.05) is 60.8 Å². The monoisotopic (exact) mass is 1250 g/mol. The van der Waals surface area contributed by atoms with Gasteiger partial charge in [0.2, 0.25) is 0 Å². The van der Waals surface area contributed by atoms with Crippen LogP contribution in [0.1, 0.15) is 78.1 Å². The molecule has 98 heavy (non-hydrogen) atoms. The summed E-state index contributed by atoms with van der Waals surface area (Å²) in [6.07, 6.45) is 0. The number of nitrogens with zero attached hydrogens (tertiary/aromatic N) is 5. The fraction of sp³-hybridized carbons (Fsp3) is 0.0753. The zero-order valence-corrected chi connectivity index (χ0v) is 55.0. The van der Waals surface area contributed by atoms with Crippen LogP contribution in [0, 0.1) is 0 Å². The third-order valence-corrected chi connectivity index (χ3v) is 20.8. The predicted octanol–water partition coefficient (Wildman–Crippen LogP) is 23.3. The van der Waals surface area contributed by atoms with Crippen molar-refractivity contribution in [3.05, 3.63) is 372 Å². The van der Waals surface area contributed by atoms with Crippen molar-refractivity contribution in [2.75, 3.05) is 0 Å². The lowest BCUT2D eigenvalue weighted by atomic mass is 9.80. The van der Waals surface area contributed by atoms with E-state index in [4.69, 9.17) is 19.9 Å². The highest BCUT2D eigenvalue weighted by molar-refractivity contribution is 6.22. The van der Waals surface area contributed by atoms with Crippen molar-refractivity contribution in [3.63, 3.8) is 0 Å². The number of imidazole rings is 1. The smallest absolute Gasteiger partial charge is 0.160 e. The van der Waals surface area contributed by atoms with E-state index < -0.39 is 0 Å². The molecule has 5 nitrogen and oxygen atoms in total. The molecule has 1 unspecified atom stereocenters. The summed E-state index contributed by atoms with van der Waals surface area (Å²) in [5, 5.41) is 0.965. The molecule has 1 atom stereocenters. The first-order valence-corrected chi connectivity index (χ1v) is 34.0. The Hall–Kier alpha value is -12.2. The summed E-state index contributed by atoms with van der Waals surface area (Å²) in [6.45, 7) is 9.46. The Morgan fingerprint density at radius 3 is 1.36 bits per heavy atom. The Kier molecular flexibility index (Phi) is 13.9. The summed E-state index contributed by atoms with van der Waals surface area (Å²) >= 11 is 0. The van der Waals surface area contributed by atoms with E-state index in [9.17, 15) is 0 Å². The van der Waals surface area contributed by atoms with E-state index in [1.165, 1.54) is 50.1 Å². The van der Waals surface area contributed by atoms with Gasteiger partial charge < -0.3 is 0 Å². The average Bonchev–Trinajstić information content (AvgIpc) is 1.47. The maximum Gasteiger partial charge on any atom is 0.160 e. The number of hydrogen-bond donors (Lipinski definition) is 0. The standard InChI is InChI=1S/C93H67N5/c1-92(2)78-41-25-23-39-72(78)74-53-49-68(57-80(74)92)70-55-76(69-50-54-75-73-40-24-26-42-79(73)93(3,4)81(75)58-69)88-77(56-70)84(64-45-43-60(44-46-64)83-82(59-27-11-5-12-28-59)85(61-29-13-6-14-30-61)94-86(83)62-31-15-7-16-32-62)95-90(96-88)66-47-51-71(52-48-66)98-89(65-35-19-9-20-36-65)87(63-33-17-8-18-34-63)97-91(98)67-37-21-10-22-38-67/h5-58,83H,1-4H3. The lowest BCUT2D eigenvalue weighted by Gasteiger charge is -2.23. The molecular weight excluding hydrogens is 1190 g/mol. The van der Waals surface area contributed by atoms with Crippen LogP contribution in [0.3, 0.4) is 0 Å². The maximum atomic E-state index is 5.85. The van der Waals surface area contributed by atoms with Gasteiger partial charge in [-0.3, -0.25) is 9.56 Å². The number of aromatic nitrogens is 4. The highest BCUT2D eigenvalue weighted by atomic mass is 15.1. The summed E-state index contributed by atoms with van der Waals surface area (Å²) in [6, 6.07) is 119. The van der Waals surface area contributed by atoms with Gasteiger partial charge in [0.15, 0.2) is 5.82 Å². The molecule has 0 spiro atoms. The van der Waals surface area contributed by atoms with Gasteiger partial charge in [0.05, 0.1) is 39.9 Å². The van der Waals surface area contributed by atoms with Crippen LogP contribution < -0.4 is 0 Å².